The molecule has 1 nitrogen and oxygen atoms in total. The number of allylic oxidation sites excluding steroid dienone is 2. The molecule has 100 valence electrons. The minimum absolute atomic E-state index is 0.0251. The lowest BCUT2D eigenvalue weighted by Gasteiger charge is -2.34. The molecule has 0 unspecified atom stereocenters. The highest BCUT2D eigenvalue weighted by Crippen LogP contribution is 2.83. The predicted octanol–water partition coefficient (Wildman–Crippen LogP) is 4.04. The first-order valence-corrected chi connectivity index (χ1v) is 7.66. The molecule has 0 aliphatic heterocycles. The van der Waals surface area contributed by atoms with E-state index in [-0.39, 0.29) is 5.60 Å². The third-order valence-corrected chi connectivity index (χ3v) is 6.28. The van der Waals surface area contributed by atoms with Crippen LogP contribution in [0.25, 0.3) is 0 Å². The van der Waals surface area contributed by atoms with Crippen LogP contribution in [0, 0.1) is 35.0 Å². The molecule has 0 N–H and O–H groups in total. The van der Waals surface area contributed by atoms with Gasteiger partial charge in [0, 0.05) is 0 Å². The zero-order valence-corrected chi connectivity index (χ0v) is 12.4. The summed E-state index contributed by atoms with van der Waals surface area (Å²) in [6.45, 7) is 11.5. The number of hydrogen-bond acceptors (Lipinski definition) is 1. The van der Waals surface area contributed by atoms with E-state index in [0.717, 1.165) is 29.6 Å². The number of rotatable bonds is 1. The third kappa shape index (κ3) is 1.22. The Morgan fingerprint density at radius 2 is 1.94 bits per heavy atom. The van der Waals surface area contributed by atoms with Crippen LogP contribution < -0.4 is 0 Å². The summed E-state index contributed by atoms with van der Waals surface area (Å²) in [6, 6.07) is 0. The molecule has 5 rings (SSSR count). The quantitative estimate of drug-likeness (QED) is 0.635. The molecular formula is C17H26O. The van der Waals surface area contributed by atoms with Gasteiger partial charge in [0.2, 0.25) is 0 Å². The van der Waals surface area contributed by atoms with Crippen molar-refractivity contribution >= 4 is 0 Å². The van der Waals surface area contributed by atoms with Crippen molar-refractivity contribution in [3.63, 3.8) is 0 Å². The molecule has 5 aliphatic carbocycles. The maximum absolute atomic E-state index is 6.48. The van der Waals surface area contributed by atoms with Crippen LogP contribution in [0.5, 0.6) is 0 Å². The standard InChI is InChI=1S/C17H26O/c1-9-6-7-17(5)13-10(8-9)11-12(14(11)17)15(13)18-16(2,3)4/h6,10-15H,7-8H2,1-5H3/t10-,11+,12+,13-,14+,15-,17-/m1/s1. The fourth-order valence-corrected chi connectivity index (χ4v) is 5.97. The summed E-state index contributed by atoms with van der Waals surface area (Å²) in [7, 11) is 0. The summed E-state index contributed by atoms with van der Waals surface area (Å²) in [6.07, 6.45) is 5.75. The average Bonchev–Trinajstić information content (AvgIpc) is 2.78. The van der Waals surface area contributed by atoms with Crippen molar-refractivity contribution in [2.75, 3.05) is 0 Å². The summed E-state index contributed by atoms with van der Waals surface area (Å²) >= 11 is 0. The molecule has 5 aliphatic rings. The lowest BCUT2D eigenvalue weighted by Crippen LogP contribution is -2.35. The number of ether oxygens (including phenoxy) is 1. The van der Waals surface area contributed by atoms with Gasteiger partial charge in [0.05, 0.1) is 11.7 Å². The van der Waals surface area contributed by atoms with Gasteiger partial charge in [-0.15, -0.1) is 0 Å². The molecule has 1 heteroatoms. The smallest absolute Gasteiger partial charge is 0.0652 e. The molecule has 6 bridgehead atoms. The van der Waals surface area contributed by atoms with Gasteiger partial charge in [-0.1, -0.05) is 18.6 Å². The first-order valence-electron chi connectivity index (χ1n) is 7.66. The van der Waals surface area contributed by atoms with Gasteiger partial charge < -0.3 is 4.74 Å². The van der Waals surface area contributed by atoms with Crippen LogP contribution in [-0.4, -0.2) is 11.7 Å². The van der Waals surface area contributed by atoms with Crippen molar-refractivity contribution in [2.45, 2.75) is 59.2 Å². The average molecular weight is 246 g/mol. The van der Waals surface area contributed by atoms with Crippen molar-refractivity contribution in [3.8, 4) is 0 Å². The molecule has 0 amide bonds. The van der Waals surface area contributed by atoms with Crippen molar-refractivity contribution in [3.05, 3.63) is 11.6 Å². The van der Waals surface area contributed by atoms with E-state index in [1.54, 1.807) is 5.57 Å². The second-order valence-electron chi connectivity index (χ2n) is 8.53. The van der Waals surface area contributed by atoms with Gasteiger partial charge in [0.1, 0.15) is 0 Å². The van der Waals surface area contributed by atoms with Crippen molar-refractivity contribution in [1.29, 1.82) is 0 Å². The molecular weight excluding hydrogens is 220 g/mol. The Hall–Kier alpha value is -0.300. The van der Waals surface area contributed by atoms with Gasteiger partial charge in [-0.3, -0.25) is 0 Å². The second kappa shape index (κ2) is 3.06. The van der Waals surface area contributed by atoms with Gasteiger partial charge in [-0.05, 0) is 75.5 Å². The Balaban J connectivity index is 1.68. The van der Waals surface area contributed by atoms with Gasteiger partial charge in [-0.25, -0.2) is 0 Å². The molecule has 0 aromatic carbocycles. The van der Waals surface area contributed by atoms with Crippen LogP contribution >= 0.6 is 0 Å². The largest absolute Gasteiger partial charge is 0.372 e. The van der Waals surface area contributed by atoms with E-state index < -0.39 is 0 Å². The molecule has 18 heavy (non-hydrogen) atoms. The van der Waals surface area contributed by atoms with E-state index in [1.165, 1.54) is 12.8 Å². The normalized spacial score (nSPS) is 56.4. The summed E-state index contributed by atoms with van der Waals surface area (Å²) in [5.74, 6) is 4.69. The molecule has 0 heterocycles. The maximum Gasteiger partial charge on any atom is 0.0652 e. The zero-order valence-electron chi connectivity index (χ0n) is 12.4. The number of hydrogen-bond donors (Lipinski definition) is 0. The Bertz CT molecular complexity index is 429. The van der Waals surface area contributed by atoms with Crippen LogP contribution in [0.15, 0.2) is 11.6 Å². The highest BCUT2D eigenvalue weighted by molar-refractivity contribution is 5.33. The second-order valence-corrected chi connectivity index (χ2v) is 8.53. The Labute approximate surface area is 111 Å². The van der Waals surface area contributed by atoms with Crippen LogP contribution in [0.3, 0.4) is 0 Å². The third-order valence-electron chi connectivity index (χ3n) is 6.28. The Morgan fingerprint density at radius 1 is 1.22 bits per heavy atom. The van der Waals surface area contributed by atoms with E-state index in [2.05, 4.69) is 40.7 Å². The molecule has 0 aromatic heterocycles. The topological polar surface area (TPSA) is 9.23 Å². The van der Waals surface area contributed by atoms with E-state index in [9.17, 15) is 0 Å². The first kappa shape index (κ1) is 11.5. The minimum atomic E-state index is 0.0251. The summed E-state index contributed by atoms with van der Waals surface area (Å²) in [5, 5.41) is 0. The molecule has 0 saturated heterocycles. The monoisotopic (exact) mass is 246 g/mol. The molecule has 7 atom stereocenters. The van der Waals surface area contributed by atoms with E-state index in [0.29, 0.717) is 11.5 Å². The van der Waals surface area contributed by atoms with Crippen LogP contribution in [0.1, 0.15) is 47.5 Å². The Kier molecular flexibility index (Phi) is 1.96. The highest BCUT2D eigenvalue weighted by atomic mass is 16.5. The molecule has 0 radical (unpaired) electrons. The molecule has 4 fully saturated rings. The van der Waals surface area contributed by atoms with E-state index in [4.69, 9.17) is 4.74 Å². The lowest BCUT2D eigenvalue weighted by molar-refractivity contribution is -0.0893. The van der Waals surface area contributed by atoms with Gasteiger partial charge in [-0.2, -0.15) is 0 Å². The summed E-state index contributed by atoms with van der Waals surface area (Å²) < 4.78 is 6.48. The lowest BCUT2D eigenvalue weighted by atomic mass is 9.75. The Morgan fingerprint density at radius 3 is 2.61 bits per heavy atom. The fourth-order valence-electron chi connectivity index (χ4n) is 5.97. The first-order chi connectivity index (χ1) is 8.33. The van der Waals surface area contributed by atoms with Gasteiger partial charge in [0.25, 0.3) is 0 Å². The van der Waals surface area contributed by atoms with E-state index >= 15 is 0 Å². The van der Waals surface area contributed by atoms with Crippen LogP contribution in [-0.2, 0) is 4.74 Å². The minimum Gasteiger partial charge on any atom is -0.372 e. The molecule has 0 aromatic rings. The predicted molar refractivity (Wildman–Crippen MR) is 73.2 cm³/mol. The van der Waals surface area contributed by atoms with Crippen molar-refractivity contribution < 1.29 is 4.74 Å². The maximum atomic E-state index is 6.48. The van der Waals surface area contributed by atoms with Crippen LogP contribution in [0.2, 0.25) is 0 Å². The highest BCUT2D eigenvalue weighted by Gasteiger charge is 2.82. The van der Waals surface area contributed by atoms with Crippen molar-refractivity contribution in [1.82, 2.24) is 0 Å². The summed E-state index contributed by atoms with van der Waals surface area (Å²) in [4.78, 5) is 0. The molecule has 0 spiro atoms. The fraction of sp³-hybridized carbons (Fsp3) is 0.882. The zero-order chi connectivity index (χ0) is 12.9. The van der Waals surface area contributed by atoms with Gasteiger partial charge >= 0.3 is 0 Å². The SMILES string of the molecule is CC1=CC[C@@]2(C)[C@H]3[C@H]4[C@@H](C1)[C@@H]2[C@H](OC(C)(C)C)[C@@H]43. The molecule has 4 saturated carbocycles. The summed E-state index contributed by atoms with van der Waals surface area (Å²) in [5.41, 5.74) is 2.22. The van der Waals surface area contributed by atoms with E-state index in [1.807, 2.05) is 0 Å². The van der Waals surface area contributed by atoms with Crippen molar-refractivity contribution in [2.24, 2.45) is 35.0 Å². The van der Waals surface area contributed by atoms with Gasteiger partial charge in [0.15, 0.2) is 0 Å². The van der Waals surface area contributed by atoms with Crippen LogP contribution in [0.4, 0.5) is 0 Å².